The maximum atomic E-state index is 11.8. The van der Waals surface area contributed by atoms with Crippen LogP contribution in [0.15, 0.2) is 60.7 Å². The fourth-order valence-electron chi connectivity index (χ4n) is 2.13. The molecule has 2 aromatic carbocycles. The van der Waals surface area contributed by atoms with Gasteiger partial charge >= 0.3 is 5.97 Å². The molecule has 2 rings (SSSR count). The highest BCUT2D eigenvalue weighted by molar-refractivity contribution is 5.89. The summed E-state index contributed by atoms with van der Waals surface area (Å²) >= 11 is 0. The van der Waals surface area contributed by atoms with Gasteiger partial charge in [-0.2, -0.15) is 5.26 Å². The topological polar surface area (TPSA) is 79.2 Å². The summed E-state index contributed by atoms with van der Waals surface area (Å²) in [6.07, 6.45) is 2.81. The first-order chi connectivity index (χ1) is 12.1. The van der Waals surface area contributed by atoms with Crippen molar-refractivity contribution in [3.05, 3.63) is 77.4 Å². The number of rotatable bonds is 6. The van der Waals surface area contributed by atoms with Crippen molar-refractivity contribution in [1.82, 2.24) is 5.32 Å². The van der Waals surface area contributed by atoms with E-state index in [1.165, 1.54) is 6.08 Å². The second-order valence-electron chi connectivity index (χ2n) is 5.37. The lowest BCUT2D eigenvalue weighted by Crippen LogP contribution is -2.30. The molecule has 0 aromatic heterocycles. The Hall–Kier alpha value is -3.39. The number of carbonyl (C=O) groups excluding carboxylic acids is 2. The third kappa shape index (κ3) is 5.96. The van der Waals surface area contributed by atoms with Crippen LogP contribution in [0.1, 0.15) is 29.7 Å². The number of carbonyl (C=O) groups is 2. The molecule has 0 unspecified atom stereocenters. The van der Waals surface area contributed by atoms with Gasteiger partial charge in [-0.1, -0.05) is 42.5 Å². The van der Waals surface area contributed by atoms with Gasteiger partial charge in [0.1, 0.15) is 0 Å². The lowest BCUT2D eigenvalue weighted by molar-refractivity contribution is -0.144. The minimum atomic E-state index is -0.605. The van der Waals surface area contributed by atoms with Crippen molar-refractivity contribution in [2.75, 3.05) is 6.61 Å². The predicted molar refractivity (Wildman–Crippen MR) is 94.1 cm³/mol. The Morgan fingerprint density at radius 3 is 2.48 bits per heavy atom. The van der Waals surface area contributed by atoms with E-state index in [2.05, 4.69) is 5.32 Å². The van der Waals surface area contributed by atoms with Gasteiger partial charge in [-0.05, 0) is 36.3 Å². The molecule has 1 amide bonds. The summed E-state index contributed by atoms with van der Waals surface area (Å²) in [4.78, 5) is 23.5. The predicted octanol–water partition coefficient (Wildman–Crippen LogP) is 2.99. The Bertz CT molecular complexity index is 790. The Morgan fingerprint density at radius 2 is 1.84 bits per heavy atom. The maximum Gasteiger partial charge on any atom is 0.331 e. The van der Waals surface area contributed by atoms with Crippen molar-refractivity contribution < 1.29 is 14.3 Å². The third-order valence-electron chi connectivity index (χ3n) is 3.47. The van der Waals surface area contributed by atoms with Crippen LogP contribution in [0.5, 0.6) is 0 Å². The SMILES string of the molecule is C[C@@H](NC(=O)COC(=O)/C=C/c1ccc(C#N)cc1)c1ccccc1. The molecule has 126 valence electrons. The standard InChI is InChI=1S/C20H18N2O3/c1-15(18-5-3-2-4-6-18)22-19(23)14-25-20(24)12-11-16-7-9-17(13-21)10-8-16/h2-12,15H,14H2,1H3,(H,22,23)/b12-11+/t15-/m1/s1. The molecule has 0 aliphatic heterocycles. The molecule has 2 aromatic rings. The highest BCUT2D eigenvalue weighted by Gasteiger charge is 2.10. The van der Waals surface area contributed by atoms with Gasteiger partial charge in [-0.25, -0.2) is 4.79 Å². The molecule has 1 N–H and O–H groups in total. The molecule has 0 radical (unpaired) electrons. The van der Waals surface area contributed by atoms with Crippen molar-refractivity contribution in [1.29, 1.82) is 5.26 Å². The van der Waals surface area contributed by atoms with Crippen LogP contribution in [0, 0.1) is 11.3 Å². The van der Waals surface area contributed by atoms with Crippen molar-refractivity contribution in [3.8, 4) is 6.07 Å². The number of amides is 1. The summed E-state index contributed by atoms with van der Waals surface area (Å²) < 4.78 is 4.92. The highest BCUT2D eigenvalue weighted by Crippen LogP contribution is 2.10. The van der Waals surface area contributed by atoms with Gasteiger partial charge in [0.05, 0.1) is 17.7 Å². The minimum absolute atomic E-state index is 0.165. The average Bonchev–Trinajstić information content (AvgIpc) is 2.65. The van der Waals surface area contributed by atoms with E-state index >= 15 is 0 Å². The van der Waals surface area contributed by atoms with Crippen LogP contribution < -0.4 is 5.32 Å². The Morgan fingerprint density at radius 1 is 1.16 bits per heavy atom. The Kier molecular flexibility index (Phi) is 6.49. The van der Waals surface area contributed by atoms with E-state index in [0.29, 0.717) is 5.56 Å². The number of nitrogens with one attached hydrogen (secondary N) is 1. The van der Waals surface area contributed by atoms with Crippen molar-refractivity contribution in [2.45, 2.75) is 13.0 Å². The quantitative estimate of drug-likeness (QED) is 0.650. The number of ether oxygens (including phenoxy) is 1. The zero-order valence-corrected chi connectivity index (χ0v) is 13.8. The monoisotopic (exact) mass is 334 g/mol. The van der Waals surface area contributed by atoms with E-state index in [0.717, 1.165) is 11.1 Å². The van der Waals surface area contributed by atoms with E-state index in [9.17, 15) is 9.59 Å². The number of hydrogen-bond donors (Lipinski definition) is 1. The molecule has 25 heavy (non-hydrogen) atoms. The molecule has 5 heteroatoms. The second kappa shape index (κ2) is 9.04. The molecule has 0 heterocycles. The summed E-state index contributed by atoms with van der Waals surface area (Å²) in [6.45, 7) is 1.52. The first-order valence-corrected chi connectivity index (χ1v) is 7.78. The molecule has 0 bridgehead atoms. The fourth-order valence-corrected chi connectivity index (χ4v) is 2.13. The van der Waals surface area contributed by atoms with E-state index in [4.69, 9.17) is 10.00 Å². The molecule has 0 saturated heterocycles. The fraction of sp³-hybridized carbons (Fsp3) is 0.150. The number of esters is 1. The maximum absolute atomic E-state index is 11.8. The van der Waals surface area contributed by atoms with Crippen LogP contribution in [0.25, 0.3) is 6.08 Å². The molecule has 0 aliphatic carbocycles. The first kappa shape index (κ1) is 18.0. The highest BCUT2D eigenvalue weighted by atomic mass is 16.5. The van der Waals surface area contributed by atoms with Gasteiger partial charge in [0.2, 0.25) is 0 Å². The molecule has 0 fully saturated rings. The number of nitriles is 1. The van der Waals surface area contributed by atoms with Crippen LogP contribution in [0.3, 0.4) is 0 Å². The number of benzene rings is 2. The molecular formula is C20H18N2O3. The van der Waals surface area contributed by atoms with E-state index in [-0.39, 0.29) is 18.6 Å². The summed E-state index contributed by atoms with van der Waals surface area (Å²) in [6, 6.07) is 18.1. The van der Waals surface area contributed by atoms with Gasteiger partial charge in [0.15, 0.2) is 6.61 Å². The van der Waals surface area contributed by atoms with E-state index in [1.807, 2.05) is 43.3 Å². The summed E-state index contributed by atoms with van der Waals surface area (Å²) in [5.74, 6) is -0.969. The molecule has 0 saturated carbocycles. The lowest BCUT2D eigenvalue weighted by Gasteiger charge is -2.13. The normalized spacial score (nSPS) is 11.5. The molecule has 1 atom stereocenters. The van der Waals surface area contributed by atoms with E-state index < -0.39 is 5.97 Å². The van der Waals surface area contributed by atoms with Crippen LogP contribution in [0.2, 0.25) is 0 Å². The average molecular weight is 334 g/mol. The molecular weight excluding hydrogens is 316 g/mol. The van der Waals surface area contributed by atoms with Crippen LogP contribution >= 0.6 is 0 Å². The Labute approximate surface area is 146 Å². The van der Waals surface area contributed by atoms with Gasteiger partial charge < -0.3 is 10.1 Å². The summed E-state index contributed by atoms with van der Waals surface area (Å²) in [5, 5.41) is 11.5. The Balaban J connectivity index is 1.78. The van der Waals surface area contributed by atoms with Crippen LogP contribution in [0.4, 0.5) is 0 Å². The zero-order valence-electron chi connectivity index (χ0n) is 13.8. The minimum Gasteiger partial charge on any atom is -0.452 e. The molecule has 5 nitrogen and oxygen atoms in total. The van der Waals surface area contributed by atoms with Gasteiger partial charge in [0.25, 0.3) is 5.91 Å². The van der Waals surface area contributed by atoms with Crippen LogP contribution in [-0.2, 0) is 14.3 Å². The van der Waals surface area contributed by atoms with Crippen molar-refractivity contribution in [3.63, 3.8) is 0 Å². The largest absolute Gasteiger partial charge is 0.452 e. The van der Waals surface area contributed by atoms with Crippen LogP contribution in [-0.4, -0.2) is 18.5 Å². The second-order valence-corrected chi connectivity index (χ2v) is 5.37. The molecule has 0 spiro atoms. The van der Waals surface area contributed by atoms with Crippen molar-refractivity contribution in [2.24, 2.45) is 0 Å². The van der Waals surface area contributed by atoms with Gasteiger partial charge in [-0.3, -0.25) is 4.79 Å². The van der Waals surface area contributed by atoms with Gasteiger partial charge in [0, 0.05) is 6.08 Å². The van der Waals surface area contributed by atoms with E-state index in [1.54, 1.807) is 30.3 Å². The van der Waals surface area contributed by atoms with Gasteiger partial charge in [-0.15, -0.1) is 0 Å². The smallest absolute Gasteiger partial charge is 0.331 e. The lowest BCUT2D eigenvalue weighted by atomic mass is 10.1. The molecule has 0 aliphatic rings. The number of hydrogen-bond acceptors (Lipinski definition) is 4. The summed E-state index contributed by atoms with van der Waals surface area (Å²) in [5.41, 5.74) is 2.28. The first-order valence-electron chi connectivity index (χ1n) is 7.78. The third-order valence-corrected chi connectivity index (χ3v) is 3.47. The van der Waals surface area contributed by atoms with Crippen molar-refractivity contribution >= 4 is 18.0 Å². The summed E-state index contributed by atoms with van der Waals surface area (Å²) in [7, 11) is 0. The zero-order chi connectivity index (χ0) is 18.1. The number of nitrogens with zero attached hydrogens (tertiary/aromatic N) is 1.